The fraction of sp³-hybridized carbons (Fsp3) is 0.261. The summed E-state index contributed by atoms with van der Waals surface area (Å²) in [4.78, 5) is 4.69. The summed E-state index contributed by atoms with van der Waals surface area (Å²) in [6.07, 6.45) is 1.24. The molecule has 1 N–H and O–H groups in total. The van der Waals surface area contributed by atoms with Gasteiger partial charge in [-0.05, 0) is 59.9 Å². The molecule has 1 aliphatic heterocycles. The van der Waals surface area contributed by atoms with E-state index in [-0.39, 0.29) is 11.6 Å². The Labute approximate surface area is 157 Å². The Morgan fingerprint density at radius 1 is 1.19 bits per heavy atom. The van der Waals surface area contributed by atoms with E-state index in [1.807, 2.05) is 26.0 Å². The second-order valence-electron chi connectivity index (χ2n) is 7.17. The van der Waals surface area contributed by atoms with E-state index in [0.717, 1.165) is 34.1 Å². The van der Waals surface area contributed by atoms with Crippen molar-refractivity contribution in [2.75, 3.05) is 6.54 Å². The summed E-state index contributed by atoms with van der Waals surface area (Å²) in [7, 11) is 0. The van der Waals surface area contributed by atoms with Gasteiger partial charge in [0.2, 0.25) is 0 Å². The maximum absolute atomic E-state index is 15.4. The topological polar surface area (TPSA) is 24.9 Å². The van der Waals surface area contributed by atoms with Crippen LogP contribution in [0.15, 0.2) is 30.8 Å². The molecule has 138 valence electrons. The minimum absolute atomic E-state index is 0.261. The number of benzene rings is 2. The van der Waals surface area contributed by atoms with Gasteiger partial charge in [-0.2, -0.15) is 0 Å². The van der Waals surface area contributed by atoms with Crippen LogP contribution in [0.25, 0.3) is 27.7 Å². The molecule has 4 heteroatoms. The summed E-state index contributed by atoms with van der Waals surface area (Å²) in [6, 6.07) is 7.16. The number of hydrogen-bond donors (Lipinski definition) is 1. The van der Waals surface area contributed by atoms with Crippen molar-refractivity contribution in [2.45, 2.75) is 33.6 Å². The van der Waals surface area contributed by atoms with Crippen molar-refractivity contribution in [3.05, 3.63) is 70.4 Å². The van der Waals surface area contributed by atoms with E-state index >= 15 is 4.39 Å². The second kappa shape index (κ2) is 6.45. The number of aromatic nitrogens is 1. The normalized spacial score (nSPS) is 13.6. The molecule has 0 saturated carbocycles. The third-order valence-electron chi connectivity index (χ3n) is 5.37. The molecule has 0 radical (unpaired) electrons. The quantitative estimate of drug-likeness (QED) is 0.652. The fourth-order valence-electron chi connectivity index (χ4n) is 4.12. The van der Waals surface area contributed by atoms with E-state index in [0.29, 0.717) is 40.9 Å². The average Bonchev–Trinajstić information content (AvgIpc) is 2.64. The molecule has 0 bridgehead atoms. The lowest BCUT2D eigenvalue weighted by molar-refractivity contribution is 0.609. The number of hydrogen-bond acceptors (Lipinski definition) is 2. The second-order valence-corrected chi connectivity index (χ2v) is 7.17. The number of fused-ring (bicyclic) bond motifs is 2. The lowest BCUT2D eigenvalue weighted by atomic mass is 9.91. The highest BCUT2D eigenvalue weighted by Gasteiger charge is 2.24. The van der Waals surface area contributed by atoms with Crippen LogP contribution in [-0.4, -0.2) is 11.5 Å². The molecule has 0 unspecified atom stereocenters. The Hall–Kier alpha value is -2.75. The molecule has 0 spiro atoms. The molecule has 2 heterocycles. The molecule has 0 atom stereocenters. The summed E-state index contributed by atoms with van der Waals surface area (Å²) in [5.41, 5.74) is 5.42. The molecule has 2 aromatic carbocycles. The van der Waals surface area contributed by atoms with Gasteiger partial charge in [0.1, 0.15) is 11.5 Å². The SMILES string of the molecule is C=C1NCCc2nc(-c3cc(C)cc4ccc(F)c(CC)c34)c(F)c(C)c21. The molecule has 27 heavy (non-hydrogen) atoms. The zero-order chi connectivity index (χ0) is 19.3. The van der Waals surface area contributed by atoms with Crippen LogP contribution in [-0.2, 0) is 12.8 Å². The number of halogens is 2. The zero-order valence-corrected chi connectivity index (χ0v) is 15.8. The summed E-state index contributed by atoms with van der Waals surface area (Å²) in [5.74, 6) is -0.625. The van der Waals surface area contributed by atoms with Crippen molar-refractivity contribution in [1.82, 2.24) is 10.3 Å². The molecule has 0 aliphatic carbocycles. The molecule has 1 aromatic heterocycles. The van der Waals surface area contributed by atoms with Crippen LogP contribution < -0.4 is 5.32 Å². The van der Waals surface area contributed by atoms with Gasteiger partial charge in [-0.3, -0.25) is 0 Å². The predicted octanol–water partition coefficient (Wildman–Crippen LogP) is 5.48. The Bertz CT molecular complexity index is 1100. The third-order valence-corrected chi connectivity index (χ3v) is 5.37. The van der Waals surface area contributed by atoms with Gasteiger partial charge < -0.3 is 5.32 Å². The first kappa shape index (κ1) is 17.7. The van der Waals surface area contributed by atoms with Crippen LogP contribution in [0.5, 0.6) is 0 Å². The lowest BCUT2D eigenvalue weighted by Gasteiger charge is -2.23. The summed E-state index contributed by atoms with van der Waals surface area (Å²) >= 11 is 0. The molecule has 4 rings (SSSR count). The van der Waals surface area contributed by atoms with Gasteiger partial charge in [0, 0.05) is 29.8 Å². The smallest absolute Gasteiger partial charge is 0.153 e. The first-order chi connectivity index (χ1) is 12.9. The van der Waals surface area contributed by atoms with Crippen molar-refractivity contribution >= 4 is 16.5 Å². The van der Waals surface area contributed by atoms with Crippen LogP contribution in [0.3, 0.4) is 0 Å². The number of rotatable bonds is 2. The van der Waals surface area contributed by atoms with E-state index < -0.39 is 0 Å². The maximum Gasteiger partial charge on any atom is 0.153 e. The molecule has 0 fully saturated rings. The van der Waals surface area contributed by atoms with Crippen molar-refractivity contribution < 1.29 is 8.78 Å². The number of nitrogens with zero attached hydrogens (tertiary/aromatic N) is 1. The van der Waals surface area contributed by atoms with E-state index in [4.69, 9.17) is 4.98 Å². The van der Waals surface area contributed by atoms with Crippen LogP contribution >= 0.6 is 0 Å². The van der Waals surface area contributed by atoms with E-state index in [2.05, 4.69) is 11.9 Å². The van der Waals surface area contributed by atoms with Crippen molar-refractivity contribution in [3.8, 4) is 11.3 Å². The van der Waals surface area contributed by atoms with Crippen LogP contribution in [0.4, 0.5) is 8.78 Å². The predicted molar refractivity (Wildman–Crippen MR) is 107 cm³/mol. The number of aryl methyl sites for hydroxylation is 2. The standard InChI is InChI=1S/C23H22F2N2/c1-5-16-18(24)7-6-15-10-12(2)11-17(21(15)16)23-22(25)13(3)20-14(4)26-9-8-19(20)27-23/h6-7,10-11,26H,4-5,8-9H2,1-3H3. The van der Waals surface area contributed by atoms with Crippen molar-refractivity contribution in [1.29, 1.82) is 0 Å². The largest absolute Gasteiger partial charge is 0.385 e. The highest BCUT2D eigenvalue weighted by molar-refractivity contribution is 5.99. The lowest BCUT2D eigenvalue weighted by Crippen LogP contribution is -2.24. The molecular weight excluding hydrogens is 342 g/mol. The van der Waals surface area contributed by atoms with Crippen LogP contribution in [0.1, 0.15) is 34.9 Å². The average molecular weight is 364 g/mol. The van der Waals surface area contributed by atoms with Gasteiger partial charge in [-0.15, -0.1) is 0 Å². The van der Waals surface area contributed by atoms with Crippen molar-refractivity contribution in [3.63, 3.8) is 0 Å². The number of nitrogens with one attached hydrogen (secondary N) is 1. The maximum atomic E-state index is 15.4. The zero-order valence-electron chi connectivity index (χ0n) is 15.8. The van der Waals surface area contributed by atoms with Crippen LogP contribution in [0, 0.1) is 25.5 Å². The minimum atomic E-state index is -0.364. The first-order valence-electron chi connectivity index (χ1n) is 9.26. The molecule has 0 amide bonds. The summed E-state index contributed by atoms with van der Waals surface area (Å²) in [6.45, 7) is 10.4. The fourth-order valence-corrected chi connectivity index (χ4v) is 4.12. The monoisotopic (exact) mass is 364 g/mol. The van der Waals surface area contributed by atoms with Gasteiger partial charge in [0.05, 0.1) is 5.69 Å². The van der Waals surface area contributed by atoms with Gasteiger partial charge >= 0.3 is 0 Å². The Morgan fingerprint density at radius 3 is 2.70 bits per heavy atom. The molecule has 2 nitrogen and oxygen atoms in total. The van der Waals surface area contributed by atoms with E-state index in [1.165, 1.54) is 6.07 Å². The van der Waals surface area contributed by atoms with Crippen molar-refractivity contribution in [2.24, 2.45) is 0 Å². The highest BCUT2D eigenvalue weighted by atomic mass is 19.1. The third kappa shape index (κ3) is 2.71. The van der Waals surface area contributed by atoms with Gasteiger partial charge in [-0.1, -0.05) is 25.6 Å². The highest BCUT2D eigenvalue weighted by Crippen LogP contribution is 2.37. The minimum Gasteiger partial charge on any atom is -0.385 e. The van der Waals surface area contributed by atoms with Crippen LogP contribution in [0.2, 0.25) is 0 Å². The Balaban J connectivity index is 2.11. The summed E-state index contributed by atoms with van der Waals surface area (Å²) in [5, 5.41) is 4.84. The van der Waals surface area contributed by atoms with Gasteiger partial charge in [0.15, 0.2) is 5.82 Å². The number of pyridine rings is 1. The van der Waals surface area contributed by atoms with E-state index in [9.17, 15) is 4.39 Å². The first-order valence-corrected chi connectivity index (χ1v) is 9.26. The Morgan fingerprint density at radius 2 is 1.96 bits per heavy atom. The molecular formula is C23H22F2N2. The van der Waals surface area contributed by atoms with Gasteiger partial charge in [-0.25, -0.2) is 13.8 Å². The summed E-state index contributed by atoms with van der Waals surface area (Å²) < 4.78 is 29.9. The van der Waals surface area contributed by atoms with E-state index in [1.54, 1.807) is 13.0 Å². The Kier molecular flexibility index (Phi) is 4.22. The molecule has 3 aromatic rings. The molecule has 1 aliphatic rings. The molecule has 0 saturated heterocycles. The van der Waals surface area contributed by atoms with Gasteiger partial charge in [0.25, 0.3) is 0 Å².